The number of fused-ring (bicyclic) bond motifs is 1. The number of amides is 1. The Morgan fingerprint density at radius 3 is 2.69 bits per heavy atom. The highest BCUT2D eigenvalue weighted by atomic mass is 35.5. The van der Waals surface area contributed by atoms with E-state index >= 15 is 0 Å². The Labute approximate surface area is 158 Å². The molecule has 0 aliphatic carbocycles. The Morgan fingerprint density at radius 1 is 1.15 bits per heavy atom. The molecule has 5 heteroatoms. The van der Waals surface area contributed by atoms with Crippen LogP contribution in [0.2, 0.25) is 5.15 Å². The van der Waals surface area contributed by atoms with Crippen molar-refractivity contribution < 1.29 is 9.53 Å². The number of benzene rings is 2. The molecule has 0 spiro atoms. The normalized spacial score (nSPS) is 10.7. The summed E-state index contributed by atoms with van der Waals surface area (Å²) in [6.07, 6.45) is 0.743. The summed E-state index contributed by atoms with van der Waals surface area (Å²) in [5, 5.41) is 1.13. The Balaban J connectivity index is 1.63. The minimum atomic E-state index is -0.0682. The lowest BCUT2D eigenvalue weighted by molar-refractivity contribution is 0.0789. The lowest BCUT2D eigenvalue weighted by Crippen LogP contribution is -2.29. The number of pyridine rings is 1. The summed E-state index contributed by atoms with van der Waals surface area (Å²) in [6, 6.07) is 17.1. The van der Waals surface area contributed by atoms with Crippen LogP contribution in [0.5, 0.6) is 5.75 Å². The van der Waals surface area contributed by atoms with Gasteiger partial charge in [-0.25, -0.2) is 4.98 Å². The number of rotatable bonds is 6. The molecule has 0 N–H and O–H groups in total. The van der Waals surface area contributed by atoms with E-state index in [9.17, 15) is 4.79 Å². The summed E-state index contributed by atoms with van der Waals surface area (Å²) >= 11 is 6.08. The molecule has 2 aromatic carbocycles. The number of nitrogens with zero attached hydrogens (tertiary/aromatic N) is 2. The summed E-state index contributed by atoms with van der Waals surface area (Å²) < 4.78 is 5.79. The first kappa shape index (κ1) is 18.2. The van der Waals surface area contributed by atoms with Crippen LogP contribution in [0.1, 0.15) is 22.3 Å². The first-order valence-corrected chi connectivity index (χ1v) is 8.93. The van der Waals surface area contributed by atoms with Gasteiger partial charge in [-0.05, 0) is 37.1 Å². The van der Waals surface area contributed by atoms with Gasteiger partial charge in [-0.1, -0.05) is 48.0 Å². The van der Waals surface area contributed by atoms with Crippen molar-refractivity contribution in [3.8, 4) is 5.75 Å². The third-order valence-electron chi connectivity index (χ3n) is 4.25. The number of hydrogen-bond donors (Lipinski definition) is 0. The molecule has 3 aromatic rings. The maximum absolute atomic E-state index is 12.8. The van der Waals surface area contributed by atoms with Gasteiger partial charge in [0.05, 0.1) is 17.7 Å². The predicted molar refractivity (Wildman–Crippen MR) is 105 cm³/mol. The fourth-order valence-corrected chi connectivity index (χ4v) is 3.03. The molecule has 1 heterocycles. The summed E-state index contributed by atoms with van der Waals surface area (Å²) in [6.45, 7) is 3.17. The van der Waals surface area contributed by atoms with Crippen molar-refractivity contribution in [2.45, 2.75) is 13.3 Å². The minimum Gasteiger partial charge on any atom is -0.493 e. The molecule has 0 aliphatic heterocycles. The van der Waals surface area contributed by atoms with Crippen molar-refractivity contribution in [2.24, 2.45) is 0 Å². The number of aryl methyl sites for hydroxylation is 1. The van der Waals surface area contributed by atoms with E-state index in [0.717, 1.165) is 28.6 Å². The highest BCUT2D eigenvalue weighted by Gasteiger charge is 2.16. The van der Waals surface area contributed by atoms with Crippen molar-refractivity contribution in [1.82, 2.24) is 9.88 Å². The SMILES string of the molecule is Cc1ccccc1OCCCN(C)C(=O)c1cc(Cl)nc2ccccc12. The Kier molecular flexibility index (Phi) is 5.74. The van der Waals surface area contributed by atoms with Gasteiger partial charge in [-0.3, -0.25) is 4.79 Å². The van der Waals surface area contributed by atoms with E-state index in [0.29, 0.717) is 23.9 Å². The standard InChI is InChI=1S/C21H21ClN2O2/c1-15-8-3-6-11-19(15)26-13-7-12-24(2)21(25)17-14-20(22)23-18-10-5-4-9-16(17)18/h3-6,8-11,14H,7,12-13H2,1-2H3. The third kappa shape index (κ3) is 4.14. The molecule has 134 valence electrons. The van der Waals surface area contributed by atoms with Crippen LogP contribution >= 0.6 is 11.6 Å². The molecule has 0 atom stereocenters. The van der Waals surface area contributed by atoms with Gasteiger partial charge in [0, 0.05) is 19.0 Å². The summed E-state index contributed by atoms with van der Waals surface area (Å²) in [5.41, 5.74) is 2.40. The van der Waals surface area contributed by atoms with Crippen molar-refractivity contribution in [3.05, 3.63) is 70.9 Å². The quantitative estimate of drug-likeness (QED) is 0.466. The summed E-state index contributed by atoms with van der Waals surface area (Å²) in [4.78, 5) is 18.8. The Bertz CT molecular complexity index is 927. The molecule has 0 bridgehead atoms. The average Bonchev–Trinajstić information content (AvgIpc) is 2.65. The van der Waals surface area contributed by atoms with Crippen molar-refractivity contribution in [3.63, 3.8) is 0 Å². The van der Waals surface area contributed by atoms with E-state index in [2.05, 4.69) is 4.98 Å². The molecule has 3 rings (SSSR count). The third-order valence-corrected chi connectivity index (χ3v) is 4.44. The molecule has 1 aromatic heterocycles. The zero-order valence-corrected chi connectivity index (χ0v) is 15.7. The van der Waals surface area contributed by atoms with Gasteiger partial charge in [0.25, 0.3) is 5.91 Å². The van der Waals surface area contributed by atoms with Crippen LogP contribution in [0, 0.1) is 6.92 Å². The molecule has 0 saturated carbocycles. The molecule has 4 nitrogen and oxygen atoms in total. The molecule has 0 aliphatic rings. The molecule has 0 saturated heterocycles. The zero-order valence-electron chi connectivity index (χ0n) is 14.9. The van der Waals surface area contributed by atoms with Crippen LogP contribution < -0.4 is 4.74 Å². The van der Waals surface area contributed by atoms with Crippen LogP contribution in [0.4, 0.5) is 0 Å². The van der Waals surface area contributed by atoms with E-state index < -0.39 is 0 Å². The molecule has 0 radical (unpaired) electrons. The second kappa shape index (κ2) is 8.19. The van der Waals surface area contributed by atoms with Crippen LogP contribution in [-0.2, 0) is 0 Å². The number of hydrogen-bond acceptors (Lipinski definition) is 3. The van der Waals surface area contributed by atoms with Crippen LogP contribution in [0.25, 0.3) is 10.9 Å². The lowest BCUT2D eigenvalue weighted by atomic mass is 10.1. The van der Waals surface area contributed by atoms with E-state index in [1.165, 1.54) is 0 Å². The Morgan fingerprint density at radius 2 is 1.88 bits per heavy atom. The fraction of sp³-hybridized carbons (Fsp3) is 0.238. The molecule has 1 amide bonds. The number of aromatic nitrogens is 1. The molecule has 0 fully saturated rings. The number of ether oxygens (including phenoxy) is 1. The first-order chi connectivity index (χ1) is 12.6. The topological polar surface area (TPSA) is 42.4 Å². The van der Waals surface area contributed by atoms with Crippen molar-refractivity contribution in [1.29, 1.82) is 0 Å². The maximum atomic E-state index is 12.8. The molecule has 26 heavy (non-hydrogen) atoms. The number of halogens is 1. The minimum absolute atomic E-state index is 0.0682. The monoisotopic (exact) mass is 368 g/mol. The van der Waals surface area contributed by atoms with E-state index in [-0.39, 0.29) is 5.91 Å². The highest BCUT2D eigenvalue weighted by Crippen LogP contribution is 2.22. The maximum Gasteiger partial charge on any atom is 0.254 e. The second-order valence-electron chi connectivity index (χ2n) is 6.20. The van der Waals surface area contributed by atoms with Gasteiger partial charge in [0.2, 0.25) is 0 Å². The van der Waals surface area contributed by atoms with E-state index in [1.54, 1.807) is 18.0 Å². The van der Waals surface area contributed by atoms with Crippen LogP contribution in [-0.4, -0.2) is 36.0 Å². The smallest absolute Gasteiger partial charge is 0.254 e. The average molecular weight is 369 g/mol. The van der Waals surface area contributed by atoms with Gasteiger partial charge < -0.3 is 9.64 Å². The lowest BCUT2D eigenvalue weighted by Gasteiger charge is -2.18. The zero-order chi connectivity index (χ0) is 18.5. The predicted octanol–water partition coefficient (Wildman–Crippen LogP) is 4.74. The fourth-order valence-electron chi connectivity index (χ4n) is 2.83. The number of carbonyl (C=O) groups is 1. The number of carbonyl (C=O) groups excluding carboxylic acids is 1. The van der Waals surface area contributed by atoms with Gasteiger partial charge in [-0.15, -0.1) is 0 Å². The van der Waals surface area contributed by atoms with Gasteiger partial charge in [0.15, 0.2) is 0 Å². The van der Waals surface area contributed by atoms with E-state index in [1.807, 2.05) is 55.5 Å². The van der Waals surface area contributed by atoms with Gasteiger partial charge in [0.1, 0.15) is 10.9 Å². The van der Waals surface area contributed by atoms with Crippen LogP contribution in [0.3, 0.4) is 0 Å². The molecular formula is C21H21ClN2O2. The van der Waals surface area contributed by atoms with Crippen molar-refractivity contribution in [2.75, 3.05) is 20.2 Å². The summed E-state index contributed by atoms with van der Waals surface area (Å²) in [5.74, 6) is 0.815. The van der Waals surface area contributed by atoms with E-state index in [4.69, 9.17) is 16.3 Å². The van der Waals surface area contributed by atoms with Gasteiger partial charge in [-0.2, -0.15) is 0 Å². The molecular weight excluding hydrogens is 348 g/mol. The van der Waals surface area contributed by atoms with Crippen molar-refractivity contribution >= 4 is 28.4 Å². The highest BCUT2D eigenvalue weighted by molar-refractivity contribution is 6.30. The van der Waals surface area contributed by atoms with Gasteiger partial charge >= 0.3 is 0 Å². The largest absolute Gasteiger partial charge is 0.493 e. The number of para-hydroxylation sites is 2. The second-order valence-corrected chi connectivity index (χ2v) is 6.59. The van der Waals surface area contributed by atoms with Crippen LogP contribution in [0.15, 0.2) is 54.6 Å². The first-order valence-electron chi connectivity index (χ1n) is 8.55. The summed E-state index contributed by atoms with van der Waals surface area (Å²) in [7, 11) is 1.79. The molecule has 0 unspecified atom stereocenters. The Hall–Kier alpha value is -2.59.